The van der Waals surface area contributed by atoms with Gasteiger partial charge in [0.05, 0.1) is 12.6 Å². The van der Waals surface area contributed by atoms with Crippen LogP contribution in [0.25, 0.3) is 10.4 Å². The van der Waals surface area contributed by atoms with Crippen LogP contribution in [0, 0.1) is 0 Å². The highest BCUT2D eigenvalue weighted by Gasteiger charge is 2.29. The first-order chi connectivity index (χ1) is 5.08. The van der Waals surface area contributed by atoms with Gasteiger partial charge >= 0.3 is 0 Å². The zero-order valence-corrected chi connectivity index (χ0v) is 6.43. The van der Waals surface area contributed by atoms with E-state index in [2.05, 4.69) is 14.9 Å². The quantitative estimate of drug-likeness (QED) is 0.211. The molecule has 11 heavy (non-hydrogen) atoms. The van der Waals surface area contributed by atoms with Gasteiger partial charge in [-0.1, -0.05) is 5.11 Å². The van der Waals surface area contributed by atoms with Gasteiger partial charge in [0.15, 0.2) is 0 Å². The van der Waals surface area contributed by atoms with Crippen LogP contribution in [-0.4, -0.2) is 28.6 Å². The molecule has 6 nitrogen and oxygen atoms in total. The molecule has 0 aromatic carbocycles. The molecule has 0 fully saturated rings. The number of aliphatic hydroxyl groups is 1. The van der Waals surface area contributed by atoms with Gasteiger partial charge in [-0.05, 0) is 19.4 Å². The summed E-state index contributed by atoms with van der Waals surface area (Å²) in [7, 11) is 0. The van der Waals surface area contributed by atoms with Gasteiger partial charge < -0.3 is 5.11 Å². The van der Waals surface area contributed by atoms with Crippen molar-refractivity contribution in [1.29, 1.82) is 0 Å². The van der Waals surface area contributed by atoms with Crippen LogP contribution in [0.2, 0.25) is 0 Å². The maximum absolute atomic E-state index is 8.67. The van der Waals surface area contributed by atoms with E-state index in [9.17, 15) is 0 Å². The second-order valence-electron chi connectivity index (χ2n) is 2.60. The Balaban J connectivity index is 4.34. The van der Waals surface area contributed by atoms with Crippen LogP contribution in [0.15, 0.2) is 5.11 Å². The van der Waals surface area contributed by atoms with Crippen molar-refractivity contribution >= 4 is 0 Å². The fourth-order valence-electron chi connectivity index (χ4n) is 0.519. The summed E-state index contributed by atoms with van der Waals surface area (Å²) in [6.07, 6.45) is 0. The average molecular weight is 161 g/mol. The molecule has 1 atom stereocenters. The molecule has 64 valence electrons. The summed E-state index contributed by atoms with van der Waals surface area (Å²) >= 11 is 0. The van der Waals surface area contributed by atoms with E-state index >= 15 is 0 Å². The third kappa shape index (κ3) is 2.73. The summed E-state index contributed by atoms with van der Waals surface area (Å²) in [6.45, 7) is 2.64. The minimum absolute atomic E-state index is 0.363. The average Bonchev–Trinajstić information content (AvgIpc) is 2.00. The molecular formula is C5H11N3O3. The Morgan fingerprint density at radius 1 is 1.73 bits per heavy atom. The molecule has 0 radical (unpaired) electrons. The first-order valence-corrected chi connectivity index (χ1v) is 3.06. The van der Waals surface area contributed by atoms with Crippen LogP contribution in [0.5, 0.6) is 0 Å². The molecular weight excluding hydrogens is 150 g/mol. The normalized spacial score (nSPS) is 13.8. The number of nitrogens with zero attached hydrogens (tertiary/aromatic N) is 3. The van der Waals surface area contributed by atoms with E-state index in [1.54, 1.807) is 0 Å². The molecule has 0 bridgehead atoms. The van der Waals surface area contributed by atoms with Gasteiger partial charge in [0.25, 0.3) is 0 Å². The fraction of sp³-hybridized carbons (Fsp3) is 1.00. The summed E-state index contributed by atoms with van der Waals surface area (Å²) in [5.74, 6) is 0. The first-order valence-electron chi connectivity index (χ1n) is 3.06. The van der Waals surface area contributed by atoms with E-state index in [0.717, 1.165) is 0 Å². The van der Waals surface area contributed by atoms with Crippen LogP contribution >= 0.6 is 0 Å². The highest BCUT2D eigenvalue weighted by Crippen LogP contribution is 2.16. The van der Waals surface area contributed by atoms with E-state index in [1.807, 2.05) is 0 Å². The molecule has 0 saturated heterocycles. The third-order valence-corrected chi connectivity index (χ3v) is 1.40. The van der Waals surface area contributed by atoms with Gasteiger partial charge in [0.1, 0.15) is 5.60 Å². The number of rotatable bonds is 4. The lowest BCUT2D eigenvalue weighted by molar-refractivity contribution is -0.319. The van der Waals surface area contributed by atoms with E-state index in [-0.39, 0.29) is 6.61 Å². The van der Waals surface area contributed by atoms with Crippen molar-refractivity contribution < 1.29 is 15.3 Å². The molecule has 0 rings (SSSR count). The number of hydrogen-bond donors (Lipinski definition) is 2. The van der Waals surface area contributed by atoms with Crippen molar-refractivity contribution in [3.8, 4) is 0 Å². The first kappa shape index (κ1) is 10.2. The van der Waals surface area contributed by atoms with Crippen molar-refractivity contribution in [2.45, 2.75) is 25.5 Å². The summed E-state index contributed by atoms with van der Waals surface area (Å²) in [4.78, 5) is 6.51. The Kier molecular flexibility index (Phi) is 3.84. The van der Waals surface area contributed by atoms with E-state index in [0.29, 0.717) is 0 Å². The molecule has 0 aliphatic carbocycles. The molecule has 0 aliphatic heterocycles. The highest BCUT2D eigenvalue weighted by molar-refractivity contribution is 4.84. The van der Waals surface area contributed by atoms with Crippen molar-refractivity contribution in [3.63, 3.8) is 0 Å². The zero-order valence-electron chi connectivity index (χ0n) is 6.43. The smallest absolute Gasteiger partial charge is 0.108 e. The second-order valence-corrected chi connectivity index (χ2v) is 2.60. The molecule has 0 aromatic rings. The Morgan fingerprint density at radius 2 is 2.27 bits per heavy atom. The largest absolute Gasteiger partial charge is 0.396 e. The van der Waals surface area contributed by atoms with Crippen molar-refractivity contribution in [3.05, 3.63) is 10.4 Å². The maximum atomic E-state index is 8.67. The van der Waals surface area contributed by atoms with Crippen molar-refractivity contribution in [1.82, 2.24) is 0 Å². The van der Waals surface area contributed by atoms with Gasteiger partial charge in [0, 0.05) is 4.91 Å². The minimum Gasteiger partial charge on any atom is -0.396 e. The van der Waals surface area contributed by atoms with E-state index in [4.69, 9.17) is 15.9 Å². The predicted octanol–water partition coefficient (Wildman–Crippen LogP) is 0.926. The lowest BCUT2D eigenvalue weighted by Gasteiger charge is -2.25. The van der Waals surface area contributed by atoms with E-state index < -0.39 is 11.6 Å². The molecule has 0 amide bonds. The molecule has 0 heterocycles. The Bertz CT molecular complexity index is 164. The molecule has 0 spiro atoms. The van der Waals surface area contributed by atoms with Crippen LogP contribution in [0.3, 0.4) is 0 Å². The summed E-state index contributed by atoms with van der Waals surface area (Å²) in [5, 5.41) is 20.2. The monoisotopic (exact) mass is 161 g/mol. The Labute approximate surface area is 64.0 Å². The van der Waals surface area contributed by atoms with Crippen molar-refractivity contribution in [2.75, 3.05) is 6.61 Å². The molecule has 0 aliphatic rings. The molecule has 6 heteroatoms. The van der Waals surface area contributed by atoms with Crippen LogP contribution in [0.4, 0.5) is 0 Å². The van der Waals surface area contributed by atoms with Gasteiger partial charge in [-0.2, -0.15) is 0 Å². The maximum Gasteiger partial charge on any atom is 0.108 e. The summed E-state index contributed by atoms with van der Waals surface area (Å²) < 4.78 is 0. The Hall–Kier alpha value is -0.810. The standard InChI is InChI=1S/C5H11N3O3/c1-5(2,11-10)4(3-9)7-8-6/h4,9-10H,3H2,1-2H3. The van der Waals surface area contributed by atoms with E-state index in [1.165, 1.54) is 13.8 Å². The lowest BCUT2D eigenvalue weighted by atomic mass is 10.0. The number of azide groups is 1. The molecule has 0 saturated carbocycles. The van der Waals surface area contributed by atoms with Gasteiger partial charge in [-0.25, -0.2) is 4.89 Å². The highest BCUT2D eigenvalue weighted by atomic mass is 17.1. The zero-order chi connectivity index (χ0) is 8.91. The van der Waals surface area contributed by atoms with Crippen LogP contribution in [-0.2, 0) is 4.89 Å². The number of aliphatic hydroxyl groups excluding tert-OH is 1. The molecule has 2 N–H and O–H groups in total. The van der Waals surface area contributed by atoms with Crippen LogP contribution in [0.1, 0.15) is 13.8 Å². The topological polar surface area (TPSA) is 98.5 Å². The number of hydrogen-bond acceptors (Lipinski definition) is 4. The van der Waals surface area contributed by atoms with Gasteiger partial charge in [-0.15, -0.1) is 0 Å². The fourth-order valence-corrected chi connectivity index (χ4v) is 0.519. The summed E-state index contributed by atoms with van der Waals surface area (Å²) in [5.41, 5.74) is 6.98. The molecule has 0 aromatic heterocycles. The third-order valence-electron chi connectivity index (χ3n) is 1.40. The van der Waals surface area contributed by atoms with Crippen LogP contribution < -0.4 is 0 Å². The van der Waals surface area contributed by atoms with Gasteiger partial charge in [-0.3, -0.25) is 5.26 Å². The van der Waals surface area contributed by atoms with Gasteiger partial charge in [0.2, 0.25) is 0 Å². The SMILES string of the molecule is CC(C)(OO)C(CO)N=[N+]=[N-]. The summed E-state index contributed by atoms with van der Waals surface area (Å²) in [6, 6.07) is -0.780. The second kappa shape index (κ2) is 4.15. The van der Waals surface area contributed by atoms with Crippen molar-refractivity contribution in [2.24, 2.45) is 5.11 Å². The minimum atomic E-state index is -1.05. The lowest BCUT2D eigenvalue weighted by Crippen LogP contribution is -2.39. The molecule has 1 unspecified atom stereocenters. The Morgan fingerprint density at radius 3 is 2.55 bits per heavy atom. The predicted molar refractivity (Wildman–Crippen MR) is 37.8 cm³/mol.